The lowest BCUT2D eigenvalue weighted by Gasteiger charge is -2.30. The fourth-order valence-corrected chi connectivity index (χ4v) is 2.70. The number of aromatic nitrogens is 2. The Hall–Kier alpha value is -1.76. The van der Waals surface area contributed by atoms with Crippen LogP contribution in [0.2, 0.25) is 0 Å². The summed E-state index contributed by atoms with van der Waals surface area (Å²) in [5.74, 6) is 1.01. The van der Waals surface area contributed by atoms with Crippen molar-refractivity contribution in [1.82, 2.24) is 14.5 Å². The van der Waals surface area contributed by atoms with E-state index in [1.807, 2.05) is 6.92 Å². The van der Waals surface area contributed by atoms with E-state index in [0.717, 1.165) is 25.6 Å². The highest BCUT2D eigenvalue weighted by molar-refractivity contribution is 5.60. The molecule has 0 spiro atoms. The molecule has 0 radical (unpaired) electrons. The van der Waals surface area contributed by atoms with Crippen molar-refractivity contribution in [2.75, 3.05) is 37.2 Å². The number of H-pyrrole nitrogens is 1. The predicted octanol–water partition coefficient (Wildman–Crippen LogP) is 0.282. The number of hydrogen-bond donors (Lipinski definition) is 3. The number of likely N-dealkylation sites (tertiary alicyclic amines) is 1. The molecule has 118 valence electrons. The molecule has 0 aliphatic carbocycles. The lowest BCUT2D eigenvalue weighted by atomic mass is 9.99. The zero-order chi connectivity index (χ0) is 15.4. The summed E-state index contributed by atoms with van der Waals surface area (Å²) in [5.41, 5.74) is 5.28. The van der Waals surface area contributed by atoms with Gasteiger partial charge >= 0.3 is 5.69 Å². The highest BCUT2D eigenvalue weighted by Crippen LogP contribution is 2.15. The summed E-state index contributed by atoms with van der Waals surface area (Å²) < 4.78 is 1.35. The molecule has 2 heterocycles. The predicted molar refractivity (Wildman–Crippen MR) is 84.7 cm³/mol. The molecule has 0 saturated carbocycles. The number of anilines is 2. The van der Waals surface area contributed by atoms with Crippen molar-refractivity contribution < 1.29 is 0 Å². The Balaban J connectivity index is 1.97. The van der Waals surface area contributed by atoms with Gasteiger partial charge in [-0.25, -0.2) is 4.79 Å². The van der Waals surface area contributed by atoms with Crippen LogP contribution >= 0.6 is 0 Å². The minimum Gasteiger partial charge on any atom is -0.383 e. The Morgan fingerprint density at radius 1 is 1.33 bits per heavy atom. The van der Waals surface area contributed by atoms with Crippen LogP contribution in [0.3, 0.4) is 0 Å². The summed E-state index contributed by atoms with van der Waals surface area (Å²) in [6.07, 6.45) is 2.45. The summed E-state index contributed by atoms with van der Waals surface area (Å²) in [6, 6.07) is 0. The number of piperidine rings is 1. The van der Waals surface area contributed by atoms with Crippen LogP contribution in [0.5, 0.6) is 0 Å². The Bertz CT molecular complexity index is 584. The Kier molecular flexibility index (Phi) is 5.06. The molecule has 0 aromatic carbocycles. The van der Waals surface area contributed by atoms with Gasteiger partial charge in [-0.2, -0.15) is 0 Å². The van der Waals surface area contributed by atoms with Crippen molar-refractivity contribution in [3.05, 3.63) is 20.8 Å². The maximum Gasteiger partial charge on any atom is 0.330 e. The standard InChI is InChI=1S/C14H25N5O2/c1-3-19-12(15)11(13(20)17-14(19)21)16-6-9-18-7-4-10(2)5-8-18/h10,16H,3-9,15H2,1-2H3,(H,17,20,21). The average Bonchev–Trinajstić information content (AvgIpc) is 2.44. The number of nitrogens with zero attached hydrogens (tertiary/aromatic N) is 2. The van der Waals surface area contributed by atoms with Gasteiger partial charge in [0.25, 0.3) is 5.56 Å². The molecule has 1 aromatic heterocycles. The smallest absolute Gasteiger partial charge is 0.330 e. The third-order valence-electron chi connectivity index (χ3n) is 4.16. The molecule has 7 heteroatoms. The normalized spacial score (nSPS) is 17.0. The summed E-state index contributed by atoms with van der Waals surface area (Å²) in [4.78, 5) is 28.1. The summed E-state index contributed by atoms with van der Waals surface area (Å²) >= 11 is 0. The first-order valence-corrected chi connectivity index (χ1v) is 7.61. The molecular formula is C14H25N5O2. The van der Waals surface area contributed by atoms with Crippen LogP contribution in [0, 0.1) is 5.92 Å². The van der Waals surface area contributed by atoms with E-state index < -0.39 is 11.2 Å². The van der Waals surface area contributed by atoms with E-state index in [9.17, 15) is 9.59 Å². The third kappa shape index (κ3) is 3.66. The number of nitrogens with two attached hydrogens (primary N) is 1. The second kappa shape index (κ2) is 6.80. The SMILES string of the molecule is CCn1c(N)c(NCCN2CCC(C)CC2)c(=O)[nH]c1=O. The fraction of sp³-hybridized carbons (Fsp3) is 0.714. The van der Waals surface area contributed by atoms with Crippen molar-refractivity contribution in [3.63, 3.8) is 0 Å². The highest BCUT2D eigenvalue weighted by Gasteiger charge is 2.16. The van der Waals surface area contributed by atoms with Crippen LogP contribution in [0.25, 0.3) is 0 Å². The molecule has 1 aromatic rings. The van der Waals surface area contributed by atoms with Crippen LogP contribution in [0.4, 0.5) is 11.5 Å². The number of nitrogen functional groups attached to an aromatic ring is 1. The molecule has 0 bridgehead atoms. The molecule has 0 atom stereocenters. The van der Waals surface area contributed by atoms with E-state index in [4.69, 9.17) is 5.73 Å². The van der Waals surface area contributed by atoms with Gasteiger partial charge in [0, 0.05) is 19.6 Å². The van der Waals surface area contributed by atoms with Crippen LogP contribution < -0.4 is 22.3 Å². The Morgan fingerprint density at radius 2 is 2.00 bits per heavy atom. The second-order valence-corrected chi connectivity index (χ2v) is 5.71. The largest absolute Gasteiger partial charge is 0.383 e. The van der Waals surface area contributed by atoms with Crippen molar-refractivity contribution >= 4 is 11.5 Å². The van der Waals surface area contributed by atoms with Gasteiger partial charge in [0.15, 0.2) is 0 Å². The monoisotopic (exact) mass is 295 g/mol. The second-order valence-electron chi connectivity index (χ2n) is 5.71. The molecule has 1 saturated heterocycles. The zero-order valence-electron chi connectivity index (χ0n) is 12.8. The molecule has 0 amide bonds. The van der Waals surface area contributed by atoms with E-state index in [1.165, 1.54) is 17.4 Å². The van der Waals surface area contributed by atoms with E-state index in [1.54, 1.807) is 0 Å². The maximum atomic E-state index is 11.8. The first-order valence-electron chi connectivity index (χ1n) is 7.61. The van der Waals surface area contributed by atoms with E-state index >= 15 is 0 Å². The van der Waals surface area contributed by atoms with Crippen LogP contribution in [-0.4, -0.2) is 40.6 Å². The van der Waals surface area contributed by atoms with Gasteiger partial charge in [-0.1, -0.05) is 6.92 Å². The number of aromatic amines is 1. The minimum absolute atomic E-state index is 0.207. The van der Waals surface area contributed by atoms with Crippen molar-refractivity contribution in [2.45, 2.75) is 33.2 Å². The molecule has 1 aliphatic rings. The van der Waals surface area contributed by atoms with Gasteiger partial charge < -0.3 is 16.0 Å². The van der Waals surface area contributed by atoms with Crippen LogP contribution in [-0.2, 0) is 6.54 Å². The van der Waals surface area contributed by atoms with Gasteiger partial charge in [0.2, 0.25) is 0 Å². The highest BCUT2D eigenvalue weighted by atomic mass is 16.2. The molecule has 0 unspecified atom stereocenters. The Labute approximate surface area is 124 Å². The molecule has 21 heavy (non-hydrogen) atoms. The van der Waals surface area contributed by atoms with Gasteiger partial charge in [-0.15, -0.1) is 0 Å². The first-order chi connectivity index (χ1) is 10.0. The van der Waals surface area contributed by atoms with E-state index in [-0.39, 0.29) is 5.82 Å². The first kappa shape index (κ1) is 15.6. The molecule has 4 N–H and O–H groups in total. The number of nitrogens with one attached hydrogen (secondary N) is 2. The van der Waals surface area contributed by atoms with Gasteiger partial charge in [-0.3, -0.25) is 14.3 Å². The molecule has 1 aliphatic heterocycles. The lowest BCUT2D eigenvalue weighted by molar-refractivity contribution is 0.199. The van der Waals surface area contributed by atoms with Gasteiger partial charge in [-0.05, 0) is 38.8 Å². The summed E-state index contributed by atoms with van der Waals surface area (Å²) in [6.45, 7) is 8.24. The van der Waals surface area contributed by atoms with Crippen molar-refractivity contribution in [1.29, 1.82) is 0 Å². The quantitative estimate of drug-likeness (QED) is 0.725. The fourth-order valence-electron chi connectivity index (χ4n) is 2.70. The molecule has 1 fully saturated rings. The topological polar surface area (TPSA) is 96.2 Å². The minimum atomic E-state index is -0.462. The van der Waals surface area contributed by atoms with Crippen molar-refractivity contribution in [2.24, 2.45) is 5.92 Å². The lowest BCUT2D eigenvalue weighted by Crippen LogP contribution is -2.38. The van der Waals surface area contributed by atoms with E-state index in [0.29, 0.717) is 18.8 Å². The Morgan fingerprint density at radius 3 is 2.62 bits per heavy atom. The van der Waals surface area contributed by atoms with Crippen LogP contribution in [0.1, 0.15) is 26.7 Å². The molecule has 7 nitrogen and oxygen atoms in total. The number of hydrogen-bond acceptors (Lipinski definition) is 5. The summed E-state index contributed by atoms with van der Waals surface area (Å²) in [5, 5.41) is 3.07. The zero-order valence-corrected chi connectivity index (χ0v) is 12.8. The van der Waals surface area contributed by atoms with Crippen molar-refractivity contribution in [3.8, 4) is 0 Å². The van der Waals surface area contributed by atoms with E-state index in [2.05, 4.69) is 22.1 Å². The van der Waals surface area contributed by atoms with Gasteiger partial charge in [0.1, 0.15) is 11.5 Å². The number of rotatable bonds is 5. The summed E-state index contributed by atoms with van der Waals surface area (Å²) in [7, 11) is 0. The maximum absolute atomic E-state index is 11.8. The average molecular weight is 295 g/mol. The van der Waals surface area contributed by atoms with Crippen LogP contribution in [0.15, 0.2) is 9.59 Å². The molecular weight excluding hydrogens is 270 g/mol. The third-order valence-corrected chi connectivity index (χ3v) is 4.16. The molecule has 2 rings (SSSR count). The van der Waals surface area contributed by atoms with Gasteiger partial charge in [0.05, 0.1) is 0 Å².